The number of aromatic nitrogens is 2. The number of fused-ring (bicyclic) bond motifs is 2. The molecule has 0 amide bonds. The Balaban J connectivity index is 1.58. The van der Waals surface area contributed by atoms with E-state index in [1.807, 2.05) is 4.68 Å². The van der Waals surface area contributed by atoms with Crippen LogP contribution in [-0.2, 0) is 18.9 Å². The third-order valence-electron chi connectivity index (χ3n) is 6.60. The summed E-state index contributed by atoms with van der Waals surface area (Å²) in [6.45, 7) is 10.7. The molecule has 0 radical (unpaired) electrons. The lowest BCUT2D eigenvalue weighted by atomic mass is 9.78. The maximum atomic E-state index is 4.91. The number of aryl methyl sites for hydroxylation is 2. The van der Waals surface area contributed by atoms with Crippen molar-refractivity contribution in [3.63, 3.8) is 0 Å². The first-order valence-electron chi connectivity index (χ1n) is 10.6. The van der Waals surface area contributed by atoms with E-state index in [1.165, 1.54) is 40.7 Å². The fraction of sp³-hybridized carbons (Fsp3) is 0.480. The van der Waals surface area contributed by atoms with Crippen LogP contribution in [-0.4, -0.2) is 21.9 Å². The predicted molar refractivity (Wildman–Crippen MR) is 119 cm³/mol. The van der Waals surface area contributed by atoms with Gasteiger partial charge in [-0.2, -0.15) is 5.10 Å². The molecule has 0 unspecified atom stereocenters. The van der Waals surface area contributed by atoms with Crippen LogP contribution in [0.5, 0.6) is 0 Å². The molecule has 0 atom stereocenters. The molecule has 0 saturated heterocycles. The molecule has 1 aromatic heterocycles. The Morgan fingerprint density at radius 1 is 0.929 bits per heavy atom. The second kappa shape index (κ2) is 6.95. The van der Waals surface area contributed by atoms with Crippen molar-refractivity contribution in [2.45, 2.75) is 64.3 Å². The van der Waals surface area contributed by atoms with Crippen molar-refractivity contribution >= 4 is 16.6 Å². The number of rotatable bonds is 5. The summed E-state index contributed by atoms with van der Waals surface area (Å²) >= 11 is 0. The van der Waals surface area contributed by atoms with Crippen molar-refractivity contribution in [3.8, 4) is 0 Å². The van der Waals surface area contributed by atoms with Gasteiger partial charge in [0.1, 0.15) is 0 Å². The van der Waals surface area contributed by atoms with E-state index in [0.29, 0.717) is 0 Å². The minimum Gasteiger partial charge on any atom is -0.366 e. The lowest BCUT2D eigenvalue weighted by molar-refractivity contribution is 0.344. The zero-order chi connectivity index (χ0) is 19.9. The largest absolute Gasteiger partial charge is 0.366 e. The Morgan fingerprint density at radius 2 is 1.64 bits per heavy atom. The second-order valence-electron chi connectivity index (χ2n) is 9.57. The van der Waals surface area contributed by atoms with Crippen LogP contribution in [0.25, 0.3) is 10.9 Å². The molecule has 2 aromatic carbocycles. The van der Waals surface area contributed by atoms with E-state index >= 15 is 0 Å². The number of hydrogen-bond acceptors (Lipinski definition) is 2. The molecule has 1 aliphatic heterocycles. The monoisotopic (exact) mass is 375 g/mol. The standard InChI is InChI=1S/C25H33N3/c1-24(2,23-20-13-7-9-15-22(20)27(5)26-23)16-17-25(3,4)28-18-10-12-19-11-6-8-14-21(19)28/h6-9,11,13-15H,10,12,16-18H2,1-5H3. The normalized spacial score (nSPS) is 15.1. The van der Waals surface area contributed by atoms with E-state index in [9.17, 15) is 0 Å². The molecular formula is C25H33N3. The molecule has 28 heavy (non-hydrogen) atoms. The summed E-state index contributed by atoms with van der Waals surface area (Å²) in [4.78, 5) is 2.64. The van der Waals surface area contributed by atoms with Gasteiger partial charge in [-0.1, -0.05) is 50.2 Å². The molecule has 3 aromatic rings. The molecular weight excluding hydrogens is 342 g/mol. The Hall–Kier alpha value is -2.29. The van der Waals surface area contributed by atoms with Crippen LogP contribution in [0.3, 0.4) is 0 Å². The van der Waals surface area contributed by atoms with Crippen LogP contribution >= 0.6 is 0 Å². The van der Waals surface area contributed by atoms with Crippen molar-refractivity contribution in [1.82, 2.24) is 9.78 Å². The van der Waals surface area contributed by atoms with Crippen LogP contribution in [0.1, 0.15) is 58.2 Å². The first-order chi connectivity index (χ1) is 13.3. The minimum absolute atomic E-state index is 0.0352. The van der Waals surface area contributed by atoms with Crippen molar-refractivity contribution in [2.75, 3.05) is 11.4 Å². The summed E-state index contributed by atoms with van der Waals surface area (Å²) in [6, 6.07) is 17.5. The molecule has 4 rings (SSSR count). The molecule has 0 N–H and O–H groups in total. The van der Waals surface area contributed by atoms with E-state index in [4.69, 9.17) is 5.10 Å². The maximum absolute atomic E-state index is 4.91. The van der Waals surface area contributed by atoms with Gasteiger partial charge in [-0.25, -0.2) is 0 Å². The molecule has 148 valence electrons. The number of para-hydroxylation sites is 2. The SMILES string of the molecule is Cn1nc(C(C)(C)CCC(C)(C)N2CCCc3ccccc32)c2ccccc21. The number of anilines is 1. The Bertz CT molecular complexity index is 980. The van der Waals surface area contributed by atoms with Gasteiger partial charge in [-0.3, -0.25) is 4.68 Å². The fourth-order valence-corrected chi connectivity index (χ4v) is 4.75. The Labute approximate surface area is 169 Å². The second-order valence-corrected chi connectivity index (χ2v) is 9.57. The quantitative estimate of drug-likeness (QED) is 0.557. The predicted octanol–water partition coefficient (Wildman–Crippen LogP) is 5.86. The fourth-order valence-electron chi connectivity index (χ4n) is 4.75. The summed E-state index contributed by atoms with van der Waals surface area (Å²) in [5.74, 6) is 0. The van der Waals surface area contributed by atoms with Gasteiger partial charge < -0.3 is 4.90 Å². The minimum atomic E-state index is 0.0352. The van der Waals surface area contributed by atoms with Crippen molar-refractivity contribution in [3.05, 3.63) is 59.8 Å². The summed E-state index contributed by atoms with van der Waals surface area (Å²) in [6.07, 6.45) is 4.70. The number of hydrogen-bond donors (Lipinski definition) is 0. The van der Waals surface area contributed by atoms with E-state index in [2.05, 4.69) is 88.2 Å². The van der Waals surface area contributed by atoms with Gasteiger partial charge in [0, 0.05) is 35.6 Å². The van der Waals surface area contributed by atoms with Crippen LogP contribution in [0.2, 0.25) is 0 Å². The lowest BCUT2D eigenvalue weighted by Crippen LogP contribution is -2.47. The average Bonchev–Trinajstić information content (AvgIpc) is 3.04. The molecule has 0 fully saturated rings. The van der Waals surface area contributed by atoms with Gasteiger partial charge >= 0.3 is 0 Å². The number of benzene rings is 2. The third-order valence-corrected chi connectivity index (χ3v) is 6.60. The van der Waals surface area contributed by atoms with Crippen molar-refractivity contribution in [2.24, 2.45) is 7.05 Å². The number of nitrogens with zero attached hydrogens (tertiary/aromatic N) is 3. The zero-order valence-corrected chi connectivity index (χ0v) is 18.0. The highest BCUT2D eigenvalue weighted by Crippen LogP contribution is 2.39. The van der Waals surface area contributed by atoms with Crippen LogP contribution < -0.4 is 4.90 Å². The van der Waals surface area contributed by atoms with E-state index in [1.54, 1.807) is 0 Å². The van der Waals surface area contributed by atoms with Gasteiger partial charge in [0.25, 0.3) is 0 Å². The summed E-state index contributed by atoms with van der Waals surface area (Å²) in [5.41, 5.74) is 5.53. The Morgan fingerprint density at radius 3 is 2.46 bits per heavy atom. The average molecular weight is 376 g/mol. The van der Waals surface area contributed by atoms with Crippen LogP contribution in [0, 0.1) is 0 Å². The summed E-state index contributed by atoms with van der Waals surface area (Å²) < 4.78 is 2.03. The van der Waals surface area contributed by atoms with Gasteiger partial charge in [0.2, 0.25) is 0 Å². The molecule has 3 heteroatoms. The van der Waals surface area contributed by atoms with Crippen LogP contribution in [0.15, 0.2) is 48.5 Å². The van der Waals surface area contributed by atoms with Gasteiger partial charge in [-0.15, -0.1) is 0 Å². The highest BCUT2D eigenvalue weighted by molar-refractivity contribution is 5.82. The van der Waals surface area contributed by atoms with E-state index in [-0.39, 0.29) is 11.0 Å². The van der Waals surface area contributed by atoms with Crippen LogP contribution in [0.4, 0.5) is 5.69 Å². The van der Waals surface area contributed by atoms with Gasteiger partial charge in [0.05, 0.1) is 11.2 Å². The van der Waals surface area contributed by atoms with E-state index in [0.717, 1.165) is 19.4 Å². The lowest BCUT2D eigenvalue weighted by Gasteiger charge is -2.45. The summed E-state index contributed by atoms with van der Waals surface area (Å²) in [7, 11) is 2.05. The molecule has 2 heterocycles. The zero-order valence-electron chi connectivity index (χ0n) is 18.0. The topological polar surface area (TPSA) is 21.1 Å². The first-order valence-corrected chi connectivity index (χ1v) is 10.6. The molecule has 0 saturated carbocycles. The highest BCUT2D eigenvalue weighted by atomic mass is 15.3. The maximum Gasteiger partial charge on any atom is 0.0759 e. The van der Waals surface area contributed by atoms with Crippen molar-refractivity contribution in [1.29, 1.82) is 0 Å². The molecule has 0 aliphatic carbocycles. The smallest absolute Gasteiger partial charge is 0.0759 e. The first kappa shape index (κ1) is 19.0. The molecule has 0 bridgehead atoms. The van der Waals surface area contributed by atoms with Gasteiger partial charge in [-0.05, 0) is 57.2 Å². The Kier molecular flexibility index (Phi) is 4.73. The van der Waals surface area contributed by atoms with E-state index < -0.39 is 0 Å². The molecule has 0 spiro atoms. The molecule has 1 aliphatic rings. The van der Waals surface area contributed by atoms with Crippen molar-refractivity contribution < 1.29 is 0 Å². The third kappa shape index (κ3) is 3.32. The van der Waals surface area contributed by atoms with Gasteiger partial charge in [0.15, 0.2) is 0 Å². The highest BCUT2D eigenvalue weighted by Gasteiger charge is 2.34. The summed E-state index contributed by atoms with van der Waals surface area (Å²) in [5, 5.41) is 6.20. The molecule has 3 nitrogen and oxygen atoms in total.